The Hall–Kier alpha value is -0.280. The van der Waals surface area contributed by atoms with Gasteiger partial charge in [0.05, 0.1) is 84.9 Å². The molecule has 7 nitrogen and oxygen atoms in total. The molecule has 7 heteroatoms. The molecule has 176 valence electrons. The van der Waals surface area contributed by atoms with Crippen LogP contribution >= 0.6 is 0 Å². The standard InChI is InChI=1S/C23H42O7/c1-24-2-3-25-4-5-26-6-7-27-8-9-28-10-11-29-12-13-30-23-17-20-14-21(18-23)16-22(15-20)19-23/h20-22H,2-19H2,1H3. The van der Waals surface area contributed by atoms with Crippen LogP contribution < -0.4 is 0 Å². The van der Waals surface area contributed by atoms with Gasteiger partial charge in [0.1, 0.15) is 0 Å². The van der Waals surface area contributed by atoms with E-state index in [2.05, 4.69) is 0 Å². The molecule has 4 bridgehead atoms. The highest BCUT2D eigenvalue weighted by Crippen LogP contribution is 2.57. The monoisotopic (exact) mass is 430 g/mol. The van der Waals surface area contributed by atoms with Crippen LogP contribution in [0.4, 0.5) is 0 Å². The first-order valence-electron chi connectivity index (χ1n) is 11.8. The number of methoxy groups -OCH3 is 1. The van der Waals surface area contributed by atoms with Gasteiger partial charge in [0.2, 0.25) is 0 Å². The maximum atomic E-state index is 6.36. The lowest BCUT2D eigenvalue weighted by atomic mass is 9.54. The molecule has 0 aromatic rings. The van der Waals surface area contributed by atoms with Crippen LogP contribution in [0.15, 0.2) is 0 Å². The van der Waals surface area contributed by atoms with Gasteiger partial charge in [0.25, 0.3) is 0 Å². The second-order valence-corrected chi connectivity index (χ2v) is 9.00. The van der Waals surface area contributed by atoms with E-state index < -0.39 is 0 Å². The lowest BCUT2D eigenvalue weighted by molar-refractivity contribution is -0.169. The van der Waals surface area contributed by atoms with Crippen LogP contribution in [0.5, 0.6) is 0 Å². The SMILES string of the molecule is COCCOCCOCCOCCOCCOCCOC12CC3CC(CC(C3)C1)C2. The van der Waals surface area contributed by atoms with Crippen LogP contribution in [0, 0.1) is 17.8 Å². The van der Waals surface area contributed by atoms with Gasteiger partial charge in [0.15, 0.2) is 0 Å². The molecule has 0 N–H and O–H groups in total. The van der Waals surface area contributed by atoms with Gasteiger partial charge in [-0.05, 0) is 56.3 Å². The second kappa shape index (κ2) is 14.0. The summed E-state index contributed by atoms with van der Waals surface area (Å²) < 4.78 is 38.6. The van der Waals surface area contributed by atoms with Crippen LogP contribution in [0.2, 0.25) is 0 Å². The van der Waals surface area contributed by atoms with Crippen molar-refractivity contribution in [2.24, 2.45) is 17.8 Å². The van der Waals surface area contributed by atoms with Gasteiger partial charge < -0.3 is 33.2 Å². The van der Waals surface area contributed by atoms with Crippen LogP contribution in [-0.2, 0) is 33.2 Å². The van der Waals surface area contributed by atoms with E-state index in [-0.39, 0.29) is 5.60 Å². The fourth-order valence-electron chi connectivity index (χ4n) is 5.65. The van der Waals surface area contributed by atoms with E-state index in [4.69, 9.17) is 33.2 Å². The topological polar surface area (TPSA) is 64.6 Å². The van der Waals surface area contributed by atoms with E-state index in [0.717, 1.165) is 17.8 Å². The Bertz CT molecular complexity index is 410. The summed E-state index contributed by atoms with van der Waals surface area (Å²) >= 11 is 0. The van der Waals surface area contributed by atoms with E-state index in [1.165, 1.54) is 38.5 Å². The molecule has 0 amide bonds. The van der Waals surface area contributed by atoms with Gasteiger partial charge in [-0.2, -0.15) is 0 Å². The maximum Gasteiger partial charge on any atom is 0.0708 e. The third-order valence-electron chi connectivity index (χ3n) is 6.54. The maximum absolute atomic E-state index is 6.36. The third kappa shape index (κ3) is 8.69. The fraction of sp³-hybridized carbons (Fsp3) is 1.00. The molecular formula is C23H42O7. The predicted octanol–water partition coefficient (Wildman–Crippen LogP) is 2.70. The van der Waals surface area contributed by atoms with Gasteiger partial charge >= 0.3 is 0 Å². The molecule has 4 aliphatic rings. The number of hydrogen-bond acceptors (Lipinski definition) is 7. The van der Waals surface area contributed by atoms with Crippen molar-refractivity contribution in [1.29, 1.82) is 0 Å². The van der Waals surface area contributed by atoms with Crippen molar-refractivity contribution >= 4 is 0 Å². The zero-order valence-electron chi connectivity index (χ0n) is 18.8. The van der Waals surface area contributed by atoms with Gasteiger partial charge in [-0.25, -0.2) is 0 Å². The Balaban J connectivity index is 1.03. The third-order valence-corrected chi connectivity index (χ3v) is 6.54. The molecule has 0 spiro atoms. The number of rotatable bonds is 19. The highest BCUT2D eigenvalue weighted by atomic mass is 16.6. The Morgan fingerprint density at radius 2 is 0.833 bits per heavy atom. The Labute approximate surface area is 182 Å². The normalized spacial score (nSPS) is 29.7. The van der Waals surface area contributed by atoms with E-state index >= 15 is 0 Å². The van der Waals surface area contributed by atoms with Crippen molar-refractivity contribution in [1.82, 2.24) is 0 Å². The minimum atomic E-state index is 0.187. The molecule has 30 heavy (non-hydrogen) atoms. The molecule has 0 aliphatic heterocycles. The Kier molecular flexibility index (Phi) is 11.4. The molecule has 0 heterocycles. The van der Waals surface area contributed by atoms with Gasteiger partial charge in [-0.15, -0.1) is 0 Å². The van der Waals surface area contributed by atoms with E-state index in [0.29, 0.717) is 79.3 Å². The highest BCUT2D eigenvalue weighted by Gasteiger charge is 2.51. The first-order valence-corrected chi connectivity index (χ1v) is 11.8. The summed E-state index contributed by atoms with van der Waals surface area (Å²) in [6.45, 7) is 7.24. The summed E-state index contributed by atoms with van der Waals surface area (Å²) in [5, 5.41) is 0. The molecule has 0 atom stereocenters. The van der Waals surface area contributed by atoms with Crippen molar-refractivity contribution in [3.63, 3.8) is 0 Å². The molecule has 4 aliphatic carbocycles. The van der Waals surface area contributed by atoms with E-state index in [1.54, 1.807) is 7.11 Å². The van der Waals surface area contributed by atoms with Gasteiger partial charge in [0, 0.05) is 7.11 Å². The largest absolute Gasteiger partial charge is 0.382 e. The zero-order valence-corrected chi connectivity index (χ0v) is 18.8. The number of hydrogen-bond donors (Lipinski definition) is 0. The summed E-state index contributed by atoms with van der Waals surface area (Å²) in [5.74, 6) is 2.79. The molecule has 4 saturated carbocycles. The Morgan fingerprint density at radius 1 is 0.500 bits per heavy atom. The minimum absolute atomic E-state index is 0.187. The van der Waals surface area contributed by atoms with Crippen molar-refractivity contribution in [3.05, 3.63) is 0 Å². The quantitative estimate of drug-likeness (QED) is 0.292. The molecule has 0 aromatic heterocycles. The summed E-state index contributed by atoms with van der Waals surface area (Å²) in [7, 11) is 1.66. The van der Waals surface area contributed by atoms with Crippen LogP contribution in [-0.4, -0.2) is 92.0 Å². The summed E-state index contributed by atoms with van der Waals surface area (Å²) in [5.41, 5.74) is 0.187. The van der Waals surface area contributed by atoms with E-state index in [9.17, 15) is 0 Å². The van der Waals surface area contributed by atoms with Gasteiger partial charge in [-0.1, -0.05) is 0 Å². The molecule has 0 saturated heterocycles. The summed E-state index contributed by atoms with van der Waals surface area (Å²) in [6.07, 6.45) is 8.23. The predicted molar refractivity (Wildman–Crippen MR) is 113 cm³/mol. The highest BCUT2D eigenvalue weighted by molar-refractivity contribution is 5.03. The molecule has 0 radical (unpaired) electrons. The van der Waals surface area contributed by atoms with Crippen molar-refractivity contribution < 1.29 is 33.2 Å². The molecule has 0 aromatic carbocycles. The Morgan fingerprint density at radius 3 is 1.20 bits per heavy atom. The summed E-state index contributed by atoms with van der Waals surface area (Å²) in [4.78, 5) is 0. The first kappa shape index (κ1) is 24.4. The smallest absolute Gasteiger partial charge is 0.0708 e. The second-order valence-electron chi connectivity index (χ2n) is 9.00. The fourth-order valence-corrected chi connectivity index (χ4v) is 5.65. The van der Waals surface area contributed by atoms with Crippen molar-refractivity contribution in [2.75, 3.05) is 86.4 Å². The molecule has 4 fully saturated rings. The first-order chi connectivity index (χ1) is 14.8. The van der Waals surface area contributed by atoms with Gasteiger partial charge in [-0.3, -0.25) is 0 Å². The van der Waals surface area contributed by atoms with Crippen molar-refractivity contribution in [2.45, 2.75) is 44.1 Å². The van der Waals surface area contributed by atoms with E-state index in [1.807, 2.05) is 0 Å². The van der Waals surface area contributed by atoms with Crippen LogP contribution in [0.3, 0.4) is 0 Å². The zero-order chi connectivity index (χ0) is 20.9. The van der Waals surface area contributed by atoms with Crippen LogP contribution in [0.25, 0.3) is 0 Å². The average molecular weight is 431 g/mol. The average Bonchev–Trinajstić information content (AvgIpc) is 2.72. The molecule has 0 unspecified atom stereocenters. The summed E-state index contributed by atoms with van der Waals surface area (Å²) in [6, 6.07) is 0. The van der Waals surface area contributed by atoms with Crippen molar-refractivity contribution in [3.8, 4) is 0 Å². The lowest BCUT2D eigenvalue weighted by Crippen LogP contribution is -2.52. The number of ether oxygens (including phenoxy) is 7. The van der Waals surface area contributed by atoms with Crippen LogP contribution in [0.1, 0.15) is 38.5 Å². The molecule has 4 rings (SSSR count). The molecular weight excluding hydrogens is 388 g/mol. The lowest BCUT2D eigenvalue weighted by Gasteiger charge is -2.56. The minimum Gasteiger partial charge on any atom is -0.382 e.